The second-order valence-corrected chi connectivity index (χ2v) is 16.7. The Morgan fingerprint density at radius 3 is 0.981 bits per heavy atom. The zero-order valence-corrected chi connectivity index (χ0v) is 34.3. The van der Waals surface area contributed by atoms with Crippen molar-refractivity contribution in [1.29, 1.82) is 0 Å². The molecule has 0 heterocycles. The molecule has 0 aromatic heterocycles. The number of amides is 4. The van der Waals surface area contributed by atoms with Crippen molar-refractivity contribution < 1.29 is 38.1 Å². The van der Waals surface area contributed by atoms with Crippen LogP contribution in [0.2, 0.25) is 0 Å². The lowest BCUT2D eigenvalue weighted by Gasteiger charge is -2.31. The van der Waals surface area contributed by atoms with Crippen molar-refractivity contribution in [1.82, 2.24) is 19.6 Å². The molecule has 16 heteroatoms. The Hall–Kier alpha value is -3.65. The Balaban J connectivity index is 5.64. The van der Waals surface area contributed by atoms with Crippen LogP contribution in [0, 0.1) is 0 Å². The molecule has 0 spiro atoms. The van der Waals surface area contributed by atoms with Crippen molar-refractivity contribution in [2.75, 3.05) is 65.4 Å². The summed E-state index contributed by atoms with van der Waals surface area (Å²) >= 11 is 0. The van der Waals surface area contributed by atoms with Crippen LogP contribution in [0.1, 0.15) is 122 Å². The minimum Gasteiger partial charge on any atom is -0.444 e. The van der Waals surface area contributed by atoms with E-state index in [4.69, 9.17) is 30.2 Å². The Bertz CT molecular complexity index is 1140. The number of nitrogens with zero attached hydrogens (tertiary/aromatic N) is 7. The number of hydrogen-bond donors (Lipinski definition) is 1. The van der Waals surface area contributed by atoms with Crippen LogP contribution in [-0.4, -0.2) is 132 Å². The molecule has 0 aliphatic heterocycles. The summed E-state index contributed by atoms with van der Waals surface area (Å²) in [6.45, 7) is 25.2. The minimum atomic E-state index is -0.704. The fourth-order valence-corrected chi connectivity index (χ4v) is 4.65. The average Bonchev–Trinajstić information content (AvgIpc) is 2.96. The molecule has 0 aliphatic rings. The maximum atomic E-state index is 13.2. The van der Waals surface area contributed by atoms with Crippen LogP contribution in [-0.2, 0) is 18.9 Å². The van der Waals surface area contributed by atoms with Gasteiger partial charge in [0, 0.05) is 63.8 Å². The molecule has 16 nitrogen and oxygen atoms in total. The van der Waals surface area contributed by atoms with Gasteiger partial charge in [-0.3, -0.25) is 0 Å². The van der Waals surface area contributed by atoms with Gasteiger partial charge in [0.15, 0.2) is 0 Å². The quantitative estimate of drug-likeness (QED) is 0.0431. The third kappa shape index (κ3) is 25.3. The highest BCUT2D eigenvalue weighted by Crippen LogP contribution is 2.16. The van der Waals surface area contributed by atoms with Gasteiger partial charge in [-0.15, -0.1) is 0 Å². The van der Waals surface area contributed by atoms with E-state index in [0.717, 1.165) is 0 Å². The molecule has 0 bridgehead atoms. The van der Waals surface area contributed by atoms with Crippen molar-refractivity contribution in [3.05, 3.63) is 10.4 Å². The number of carbonyl (C=O) groups excluding carboxylic acids is 4. The van der Waals surface area contributed by atoms with Gasteiger partial charge in [-0.25, -0.2) is 19.2 Å². The van der Waals surface area contributed by atoms with E-state index >= 15 is 0 Å². The van der Waals surface area contributed by atoms with Gasteiger partial charge in [0.25, 0.3) is 0 Å². The maximum absolute atomic E-state index is 13.2. The molecule has 0 saturated carbocycles. The molecule has 2 N–H and O–H groups in total. The first kappa shape index (κ1) is 48.3. The molecule has 0 fully saturated rings. The van der Waals surface area contributed by atoms with Crippen molar-refractivity contribution in [3.63, 3.8) is 0 Å². The van der Waals surface area contributed by atoms with Crippen LogP contribution in [0.15, 0.2) is 5.11 Å². The van der Waals surface area contributed by atoms with E-state index in [1.807, 2.05) is 41.5 Å². The number of nitrogens with two attached hydrogens (primary N) is 1. The summed E-state index contributed by atoms with van der Waals surface area (Å²) in [4.78, 5) is 61.4. The largest absolute Gasteiger partial charge is 0.444 e. The van der Waals surface area contributed by atoms with E-state index < -0.39 is 46.8 Å². The van der Waals surface area contributed by atoms with Crippen LogP contribution < -0.4 is 5.73 Å². The monoisotopic (exact) mass is 743 g/mol. The molecular weight excluding hydrogens is 672 g/mol. The van der Waals surface area contributed by atoms with Gasteiger partial charge < -0.3 is 44.3 Å². The van der Waals surface area contributed by atoms with E-state index in [2.05, 4.69) is 10.0 Å². The maximum Gasteiger partial charge on any atom is 0.410 e. The Labute approximate surface area is 312 Å². The first-order valence-corrected chi connectivity index (χ1v) is 18.5. The molecule has 4 amide bonds. The molecule has 0 rings (SSSR count). The van der Waals surface area contributed by atoms with E-state index in [1.54, 1.807) is 61.1 Å². The van der Waals surface area contributed by atoms with Crippen LogP contribution in [0.4, 0.5) is 19.2 Å². The predicted octanol–water partition coefficient (Wildman–Crippen LogP) is 7.54. The average molecular weight is 743 g/mol. The molecule has 0 atom stereocenters. The summed E-state index contributed by atoms with van der Waals surface area (Å²) in [5, 5.41) is 3.55. The third-order valence-electron chi connectivity index (χ3n) is 6.81. The summed E-state index contributed by atoms with van der Waals surface area (Å²) in [5.41, 5.74) is 11.6. The predicted molar refractivity (Wildman–Crippen MR) is 202 cm³/mol. The second-order valence-electron chi connectivity index (χ2n) is 16.7. The standard InChI is InChI=1S/C36H70N8O8/c1-33(2,3)49-29(45)41(25-17-27-43(23-15-19-37)31(47)51-35(7,8)9)21-13-14-22-42(30(46)50-34(4,5)6)26-18-28-44(24-16-20-39-40-38)32(48)52-36(10,11)12/h13-28,37H2,1-12H3. The normalized spacial score (nSPS) is 11.9. The zero-order valence-electron chi connectivity index (χ0n) is 34.3. The Kier molecular flexibility index (Phi) is 21.5. The van der Waals surface area contributed by atoms with Gasteiger partial charge in [-0.1, -0.05) is 5.11 Å². The van der Waals surface area contributed by atoms with E-state index in [1.165, 1.54) is 0 Å². The lowest BCUT2D eigenvalue weighted by Crippen LogP contribution is -2.42. The number of azide groups is 1. The lowest BCUT2D eigenvalue weighted by molar-refractivity contribution is 0.0165. The van der Waals surface area contributed by atoms with E-state index in [-0.39, 0.29) is 6.54 Å². The molecule has 302 valence electrons. The molecule has 0 radical (unpaired) electrons. The SMILES string of the molecule is CC(C)(C)OC(=O)N(CCCN)CCCN(CCCCN(CCCN(CCCN=[N+]=[N-])C(=O)OC(C)(C)C)C(=O)OC(C)(C)C)C(=O)OC(C)(C)C. The molecule has 0 aliphatic carbocycles. The zero-order chi connectivity index (χ0) is 40.2. The van der Waals surface area contributed by atoms with Gasteiger partial charge in [-0.2, -0.15) is 0 Å². The van der Waals surface area contributed by atoms with Gasteiger partial charge in [-0.05, 0) is 134 Å². The lowest BCUT2D eigenvalue weighted by atomic mass is 10.2. The highest BCUT2D eigenvalue weighted by Gasteiger charge is 2.27. The molecule has 0 aromatic carbocycles. The summed E-state index contributed by atoms with van der Waals surface area (Å²) in [6.07, 6.45) is 1.38. The summed E-state index contributed by atoms with van der Waals surface area (Å²) < 4.78 is 22.5. The first-order chi connectivity index (χ1) is 23.9. The topological polar surface area (TPSA) is 193 Å². The van der Waals surface area contributed by atoms with Gasteiger partial charge in [0.05, 0.1) is 0 Å². The number of rotatable bonds is 20. The fraction of sp³-hybridized carbons (Fsp3) is 0.889. The molecular formula is C36H70N8O8. The van der Waals surface area contributed by atoms with Gasteiger partial charge >= 0.3 is 24.4 Å². The third-order valence-corrected chi connectivity index (χ3v) is 6.81. The number of unbranched alkanes of at least 4 members (excludes halogenated alkanes) is 1. The van der Waals surface area contributed by atoms with Crippen LogP contribution in [0.3, 0.4) is 0 Å². The smallest absolute Gasteiger partial charge is 0.410 e. The minimum absolute atomic E-state index is 0.246. The number of ether oxygens (including phenoxy) is 4. The fourth-order valence-electron chi connectivity index (χ4n) is 4.65. The molecule has 0 saturated heterocycles. The first-order valence-electron chi connectivity index (χ1n) is 18.5. The summed E-state index contributed by atoms with van der Waals surface area (Å²) in [7, 11) is 0. The van der Waals surface area contributed by atoms with Crippen molar-refractivity contribution in [2.45, 2.75) is 144 Å². The number of carbonyl (C=O) groups is 4. The Morgan fingerprint density at radius 1 is 0.481 bits per heavy atom. The van der Waals surface area contributed by atoms with Crippen LogP contribution in [0.5, 0.6) is 0 Å². The summed E-state index contributed by atoms with van der Waals surface area (Å²) in [5.74, 6) is 0. The van der Waals surface area contributed by atoms with Crippen molar-refractivity contribution in [2.24, 2.45) is 10.8 Å². The van der Waals surface area contributed by atoms with Crippen LogP contribution >= 0.6 is 0 Å². The number of hydrogen-bond acceptors (Lipinski definition) is 10. The molecule has 0 aromatic rings. The van der Waals surface area contributed by atoms with Gasteiger partial charge in [0.1, 0.15) is 22.4 Å². The highest BCUT2D eigenvalue weighted by molar-refractivity contribution is 5.69. The van der Waals surface area contributed by atoms with Crippen molar-refractivity contribution >= 4 is 24.4 Å². The van der Waals surface area contributed by atoms with Crippen LogP contribution in [0.25, 0.3) is 10.4 Å². The molecule has 0 unspecified atom stereocenters. The van der Waals surface area contributed by atoms with Gasteiger partial charge in [0.2, 0.25) is 0 Å². The molecule has 52 heavy (non-hydrogen) atoms. The van der Waals surface area contributed by atoms with Crippen molar-refractivity contribution in [3.8, 4) is 0 Å². The Morgan fingerprint density at radius 2 is 0.731 bits per heavy atom. The second kappa shape index (κ2) is 23.1. The van der Waals surface area contributed by atoms with E-state index in [0.29, 0.717) is 97.4 Å². The summed E-state index contributed by atoms with van der Waals surface area (Å²) in [6, 6.07) is 0. The highest BCUT2D eigenvalue weighted by atomic mass is 16.6. The van der Waals surface area contributed by atoms with E-state index in [9.17, 15) is 19.2 Å².